The summed E-state index contributed by atoms with van der Waals surface area (Å²) in [6, 6.07) is 17.6. The lowest BCUT2D eigenvalue weighted by Gasteiger charge is -2.07. The van der Waals surface area contributed by atoms with Crippen LogP contribution in [0.3, 0.4) is 0 Å². The molecule has 4 heteroatoms. The van der Waals surface area contributed by atoms with Gasteiger partial charge in [0.2, 0.25) is 0 Å². The number of aromatic nitrogens is 2. The molecular formula is C17H17N3O. The molecule has 1 aromatic heterocycles. The Labute approximate surface area is 123 Å². The molecule has 0 aliphatic rings. The van der Waals surface area contributed by atoms with E-state index in [9.17, 15) is 0 Å². The van der Waals surface area contributed by atoms with Gasteiger partial charge in [-0.3, -0.25) is 5.10 Å². The number of hydrogen-bond donors (Lipinski definition) is 2. The third-order valence-corrected chi connectivity index (χ3v) is 3.29. The summed E-state index contributed by atoms with van der Waals surface area (Å²) in [4.78, 5) is 0. The first kappa shape index (κ1) is 13.2. The molecule has 0 saturated carbocycles. The monoisotopic (exact) mass is 279 g/mol. The molecule has 106 valence electrons. The summed E-state index contributed by atoms with van der Waals surface area (Å²) in [6.45, 7) is 2.59. The molecule has 0 saturated heterocycles. The molecule has 0 aliphatic heterocycles. The van der Waals surface area contributed by atoms with Crippen LogP contribution in [0.5, 0.6) is 5.75 Å². The summed E-state index contributed by atoms with van der Waals surface area (Å²) in [5, 5.41) is 7.43. The van der Waals surface area contributed by atoms with Crippen LogP contribution < -0.4 is 10.5 Å². The molecule has 0 unspecified atom stereocenters. The Hall–Kier alpha value is -2.75. The van der Waals surface area contributed by atoms with Gasteiger partial charge < -0.3 is 10.5 Å². The van der Waals surface area contributed by atoms with Gasteiger partial charge in [-0.25, -0.2) is 0 Å². The van der Waals surface area contributed by atoms with Crippen LogP contribution in [-0.2, 0) is 0 Å². The van der Waals surface area contributed by atoms with Crippen molar-refractivity contribution >= 4 is 5.69 Å². The minimum atomic E-state index is 0.625. The fourth-order valence-corrected chi connectivity index (χ4v) is 2.30. The highest BCUT2D eigenvalue weighted by molar-refractivity contribution is 5.77. The highest BCUT2D eigenvalue weighted by Gasteiger charge is 2.11. The fraction of sp³-hybridized carbons (Fsp3) is 0.118. The van der Waals surface area contributed by atoms with E-state index in [0.717, 1.165) is 34.0 Å². The van der Waals surface area contributed by atoms with E-state index in [1.54, 1.807) is 0 Å². The minimum absolute atomic E-state index is 0.625. The normalized spacial score (nSPS) is 10.5. The lowest BCUT2D eigenvalue weighted by atomic mass is 10.1. The highest BCUT2D eigenvalue weighted by atomic mass is 16.5. The molecule has 1 heterocycles. The predicted molar refractivity (Wildman–Crippen MR) is 85.0 cm³/mol. The predicted octanol–water partition coefficient (Wildman–Crippen LogP) is 3.72. The fourth-order valence-electron chi connectivity index (χ4n) is 2.30. The van der Waals surface area contributed by atoms with Crippen LogP contribution in [-0.4, -0.2) is 16.8 Å². The number of ether oxygens (including phenoxy) is 1. The van der Waals surface area contributed by atoms with Crippen LogP contribution in [0.1, 0.15) is 6.92 Å². The number of benzene rings is 2. The van der Waals surface area contributed by atoms with Gasteiger partial charge in [0.05, 0.1) is 18.0 Å². The summed E-state index contributed by atoms with van der Waals surface area (Å²) in [7, 11) is 0. The number of nitrogens with one attached hydrogen (secondary N) is 1. The van der Waals surface area contributed by atoms with Crippen molar-refractivity contribution in [3.63, 3.8) is 0 Å². The van der Waals surface area contributed by atoms with Crippen molar-refractivity contribution < 1.29 is 4.74 Å². The van der Waals surface area contributed by atoms with Gasteiger partial charge in [-0.1, -0.05) is 30.3 Å². The molecule has 21 heavy (non-hydrogen) atoms. The first-order valence-corrected chi connectivity index (χ1v) is 6.92. The Bertz CT molecular complexity index is 749. The molecule has 0 spiro atoms. The molecule has 0 fully saturated rings. The third kappa shape index (κ3) is 2.60. The summed E-state index contributed by atoms with van der Waals surface area (Å²) in [6.07, 6.45) is 0. The van der Waals surface area contributed by atoms with Gasteiger partial charge in [0, 0.05) is 16.8 Å². The second-order valence-corrected chi connectivity index (χ2v) is 4.68. The highest BCUT2D eigenvalue weighted by Crippen LogP contribution is 2.32. The van der Waals surface area contributed by atoms with E-state index in [1.165, 1.54) is 0 Å². The lowest BCUT2D eigenvalue weighted by molar-refractivity contribution is 0.341. The number of H-pyrrole nitrogens is 1. The van der Waals surface area contributed by atoms with Crippen LogP contribution in [0.25, 0.3) is 22.5 Å². The molecule has 3 N–H and O–H groups in total. The van der Waals surface area contributed by atoms with Crippen molar-refractivity contribution in [2.24, 2.45) is 0 Å². The van der Waals surface area contributed by atoms with Crippen LogP contribution >= 0.6 is 0 Å². The molecule has 0 aliphatic carbocycles. The van der Waals surface area contributed by atoms with Crippen molar-refractivity contribution in [1.82, 2.24) is 10.2 Å². The summed E-state index contributed by atoms with van der Waals surface area (Å²) in [5.41, 5.74) is 10.4. The zero-order valence-corrected chi connectivity index (χ0v) is 11.8. The van der Waals surface area contributed by atoms with Crippen molar-refractivity contribution in [2.75, 3.05) is 12.3 Å². The van der Waals surface area contributed by atoms with Crippen molar-refractivity contribution in [3.8, 4) is 28.3 Å². The van der Waals surface area contributed by atoms with Gasteiger partial charge in [-0.15, -0.1) is 0 Å². The Morgan fingerprint density at radius 2 is 1.76 bits per heavy atom. The number of para-hydroxylation sites is 2. The molecule has 3 rings (SSSR count). The first-order valence-electron chi connectivity index (χ1n) is 6.92. The zero-order chi connectivity index (χ0) is 14.7. The molecule has 2 aromatic carbocycles. The van der Waals surface area contributed by atoms with Gasteiger partial charge in [-0.05, 0) is 31.2 Å². The molecule has 0 amide bonds. The Balaban J connectivity index is 2.01. The SMILES string of the molecule is CCOc1ccccc1-c1cc(-c2ccccc2N)[nH]n1. The molecule has 0 bridgehead atoms. The van der Waals surface area contributed by atoms with Gasteiger partial charge in [-0.2, -0.15) is 5.10 Å². The smallest absolute Gasteiger partial charge is 0.128 e. The van der Waals surface area contributed by atoms with E-state index in [4.69, 9.17) is 10.5 Å². The van der Waals surface area contributed by atoms with Gasteiger partial charge in [0.15, 0.2) is 0 Å². The third-order valence-electron chi connectivity index (χ3n) is 3.29. The maximum atomic E-state index is 6.01. The lowest BCUT2D eigenvalue weighted by Crippen LogP contribution is -1.93. The average molecular weight is 279 g/mol. The molecule has 0 radical (unpaired) electrons. The first-order chi connectivity index (χ1) is 10.3. The summed E-state index contributed by atoms with van der Waals surface area (Å²) in [5.74, 6) is 0.832. The number of hydrogen-bond acceptors (Lipinski definition) is 3. The van der Waals surface area contributed by atoms with Crippen LogP contribution in [0.4, 0.5) is 5.69 Å². The van der Waals surface area contributed by atoms with Crippen LogP contribution in [0.15, 0.2) is 54.6 Å². The van der Waals surface area contributed by atoms with E-state index in [0.29, 0.717) is 6.61 Å². The number of aromatic amines is 1. The average Bonchev–Trinajstić information content (AvgIpc) is 2.98. The van der Waals surface area contributed by atoms with Crippen LogP contribution in [0.2, 0.25) is 0 Å². The van der Waals surface area contributed by atoms with Gasteiger partial charge >= 0.3 is 0 Å². The van der Waals surface area contributed by atoms with E-state index in [1.807, 2.05) is 61.5 Å². The maximum Gasteiger partial charge on any atom is 0.128 e. The Kier molecular flexibility index (Phi) is 3.60. The Morgan fingerprint density at radius 1 is 1.05 bits per heavy atom. The molecule has 3 aromatic rings. The Morgan fingerprint density at radius 3 is 2.52 bits per heavy atom. The maximum absolute atomic E-state index is 6.01. The van der Waals surface area contributed by atoms with Crippen molar-refractivity contribution in [3.05, 3.63) is 54.6 Å². The minimum Gasteiger partial charge on any atom is -0.493 e. The van der Waals surface area contributed by atoms with E-state index in [2.05, 4.69) is 10.2 Å². The van der Waals surface area contributed by atoms with E-state index >= 15 is 0 Å². The van der Waals surface area contributed by atoms with Crippen molar-refractivity contribution in [2.45, 2.75) is 6.92 Å². The topological polar surface area (TPSA) is 63.9 Å². The molecular weight excluding hydrogens is 262 g/mol. The number of nitrogen functional groups attached to an aromatic ring is 1. The largest absolute Gasteiger partial charge is 0.493 e. The van der Waals surface area contributed by atoms with Gasteiger partial charge in [0.1, 0.15) is 5.75 Å². The standard InChI is InChI=1S/C17H17N3O/c1-2-21-17-10-6-4-8-13(17)16-11-15(19-20-16)12-7-3-5-9-14(12)18/h3-11H,2,18H2,1H3,(H,19,20). The number of nitrogens with zero attached hydrogens (tertiary/aromatic N) is 1. The number of anilines is 1. The summed E-state index contributed by atoms with van der Waals surface area (Å²) < 4.78 is 5.65. The summed E-state index contributed by atoms with van der Waals surface area (Å²) >= 11 is 0. The number of rotatable bonds is 4. The van der Waals surface area contributed by atoms with E-state index < -0.39 is 0 Å². The quantitative estimate of drug-likeness (QED) is 0.715. The van der Waals surface area contributed by atoms with E-state index in [-0.39, 0.29) is 0 Å². The van der Waals surface area contributed by atoms with Gasteiger partial charge in [0.25, 0.3) is 0 Å². The van der Waals surface area contributed by atoms with Crippen molar-refractivity contribution in [1.29, 1.82) is 0 Å². The zero-order valence-electron chi connectivity index (χ0n) is 11.8. The molecule has 0 atom stereocenters. The second kappa shape index (κ2) is 5.71. The second-order valence-electron chi connectivity index (χ2n) is 4.68. The number of nitrogens with two attached hydrogens (primary N) is 1. The molecule has 4 nitrogen and oxygen atoms in total. The van der Waals surface area contributed by atoms with Crippen LogP contribution in [0, 0.1) is 0 Å².